The van der Waals surface area contributed by atoms with Crippen molar-refractivity contribution in [3.05, 3.63) is 90.0 Å². The number of carbonyl (C=O) groups excluding carboxylic acids is 2. The molecule has 3 aromatic rings. The molecule has 1 saturated heterocycles. The second kappa shape index (κ2) is 10.5. The van der Waals surface area contributed by atoms with Gasteiger partial charge in [-0.05, 0) is 62.9 Å². The fourth-order valence-electron chi connectivity index (χ4n) is 4.25. The number of rotatable bonds is 6. The number of imide groups is 1. The monoisotopic (exact) mass is 521 g/mol. The molecule has 1 aliphatic rings. The van der Waals surface area contributed by atoms with E-state index in [0.717, 1.165) is 27.2 Å². The highest BCUT2D eigenvalue weighted by Gasteiger charge is 2.46. The molecule has 1 heterocycles. The Morgan fingerprint density at radius 3 is 2.11 bits per heavy atom. The zero-order chi connectivity index (χ0) is 26.8. The second-order valence-corrected chi connectivity index (χ2v) is 11.8. The molecule has 2 amide bonds. The zero-order valence-electron chi connectivity index (χ0n) is 21.4. The Morgan fingerprint density at radius 1 is 0.919 bits per heavy atom. The molecule has 8 heteroatoms. The Kier molecular flexibility index (Phi) is 7.52. The van der Waals surface area contributed by atoms with Crippen LogP contribution in [-0.4, -0.2) is 37.5 Å². The van der Waals surface area contributed by atoms with Gasteiger partial charge in [-0.25, -0.2) is 9.69 Å². The van der Waals surface area contributed by atoms with Gasteiger partial charge in [-0.1, -0.05) is 72.3 Å². The highest BCUT2D eigenvalue weighted by molar-refractivity contribution is 7.86. The topological polar surface area (TPSA) is 90.0 Å². The number of nitrogens with zero attached hydrogens (tertiary/aromatic N) is 1. The molecule has 0 saturated carbocycles. The van der Waals surface area contributed by atoms with Crippen molar-refractivity contribution >= 4 is 22.1 Å². The maximum atomic E-state index is 13.4. The lowest BCUT2D eigenvalue weighted by molar-refractivity contribution is -0.131. The molecule has 0 radical (unpaired) electrons. The van der Waals surface area contributed by atoms with Crippen molar-refractivity contribution in [3.8, 4) is 11.1 Å². The normalized spacial score (nSPS) is 18.2. The van der Waals surface area contributed by atoms with Gasteiger partial charge in [0.1, 0.15) is 5.60 Å². The first-order valence-electron chi connectivity index (χ1n) is 12.1. The molecule has 1 fully saturated rings. The Balaban J connectivity index is 1.57. The van der Waals surface area contributed by atoms with Gasteiger partial charge in [0.25, 0.3) is 10.1 Å². The van der Waals surface area contributed by atoms with E-state index in [1.807, 2.05) is 61.5 Å². The third-order valence-electron chi connectivity index (χ3n) is 6.13. The summed E-state index contributed by atoms with van der Waals surface area (Å²) in [5.41, 5.74) is 2.92. The SMILES string of the molecule is Cc1ccc(S(=O)(=O)OCC2CC(c3ccc(-c4ccccc4)cc3)N(C(=O)OC(C)(C)C)C2=O)cc1. The van der Waals surface area contributed by atoms with Crippen molar-refractivity contribution in [2.45, 2.75) is 50.7 Å². The average molecular weight is 522 g/mol. The van der Waals surface area contributed by atoms with Crippen LogP contribution < -0.4 is 0 Å². The van der Waals surface area contributed by atoms with Crippen LogP contribution in [0.15, 0.2) is 83.8 Å². The van der Waals surface area contributed by atoms with Gasteiger partial charge in [-0.3, -0.25) is 8.98 Å². The Labute approximate surface area is 218 Å². The average Bonchev–Trinajstić information content (AvgIpc) is 3.19. The molecule has 2 unspecified atom stereocenters. The standard InChI is InChI=1S/C29H31NO6S/c1-20-10-16-25(17-11-20)37(33,34)35-19-24-18-26(30(27(24)31)28(32)36-29(2,3)4)23-14-12-22(13-15-23)21-8-6-5-7-9-21/h5-17,24,26H,18-19H2,1-4H3. The molecule has 0 bridgehead atoms. The lowest BCUT2D eigenvalue weighted by atomic mass is 9.97. The number of hydrogen-bond acceptors (Lipinski definition) is 6. The predicted molar refractivity (Wildman–Crippen MR) is 140 cm³/mol. The summed E-state index contributed by atoms with van der Waals surface area (Å²) in [6.45, 7) is 6.66. The number of ether oxygens (including phenoxy) is 1. The minimum Gasteiger partial charge on any atom is -0.443 e. The summed E-state index contributed by atoms with van der Waals surface area (Å²) in [6.07, 6.45) is -0.551. The molecule has 3 aromatic carbocycles. The lowest BCUT2D eigenvalue weighted by Crippen LogP contribution is -2.40. The van der Waals surface area contributed by atoms with Gasteiger partial charge in [0.05, 0.1) is 23.5 Å². The predicted octanol–water partition coefficient (Wildman–Crippen LogP) is 5.89. The molecule has 0 aliphatic carbocycles. The number of benzene rings is 3. The second-order valence-electron chi connectivity index (χ2n) is 10.2. The first-order chi connectivity index (χ1) is 17.4. The van der Waals surface area contributed by atoms with E-state index in [4.69, 9.17) is 8.92 Å². The van der Waals surface area contributed by atoms with Crippen LogP contribution in [-0.2, 0) is 23.8 Å². The highest BCUT2D eigenvalue weighted by Crippen LogP contribution is 2.39. The minimum absolute atomic E-state index is 0.0144. The van der Waals surface area contributed by atoms with Gasteiger partial charge in [0, 0.05) is 0 Å². The van der Waals surface area contributed by atoms with Crippen molar-refractivity contribution in [1.82, 2.24) is 4.90 Å². The number of aryl methyl sites for hydroxylation is 1. The molecular weight excluding hydrogens is 490 g/mol. The van der Waals surface area contributed by atoms with Crippen LogP contribution in [0.3, 0.4) is 0 Å². The number of amides is 2. The first-order valence-corrected chi connectivity index (χ1v) is 13.5. The van der Waals surface area contributed by atoms with E-state index in [0.29, 0.717) is 0 Å². The van der Waals surface area contributed by atoms with E-state index in [1.165, 1.54) is 12.1 Å². The summed E-state index contributed by atoms with van der Waals surface area (Å²) in [6, 6.07) is 23.2. The number of carbonyl (C=O) groups is 2. The maximum absolute atomic E-state index is 13.4. The van der Waals surface area contributed by atoms with Crippen molar-refractivity contribution < 1.29 is 26.9 Å². The molecule has 0 N–H and O–H groups in total. The van der Waals surface area contributed by atoms with Crippen LogP contribution >= 0.6 is 0 Å². The van der Waals surface area contributed by atoms with Crippen LogP contribution in [0.5, 0.6) is 0 Å². The fraction of sp³-hybridized carbons (Fsp3) is 0.310. The van der Waals surface area contributed by atoms with Gasteiger partial charge in [0.2, 0.25) is 5.91 Å². The zero-order valence-corrected chi connectivity index (χ0v) is 22.2. The molecule has 37 heavy (non-hydrogen) atoms. The van der Waals surface area contributed by atoms with Crippen LogP contribution in [0.1, 0.15) is 44.4 Å². The number of likely N-dealkylation sites (tertiary alicyclic amines) is 1. The molecule has 0 aromatic heterocycles. The van der Waals surface area contributed by atoms with Crippen molar-refractivity contribution in [3.63, 3.8) is 0 Å². The van der Waals surface area contributed by atoms with Gasteiger partial charge in [-0.15, -0.1) is 0 Å². The Bertz CT molecular complexity index is 1360. The Hall–Kier alpha value is -3.49. The molecule has 4 rings (SSSR count). The number of hydrogen-bond donors (Lipinski definition) is 0. The molecule has 194 valence electrons. The molecule has 7 nitrogen and oxygen atoms in total. The van der Waals surface area contributed by atoms with Crippen molar-refractivity contribution in [2.75, 3.05) is 6.61 Å². The molecule has 2 atom stereocenters. The summed E-state index contributed by atoms with van der Waals surface area (Å²) in [5.74, 6) is -1.35. The van der Waals surface area contributed by atoms with E-state index >= 15 is 0 Å². The van der Waals surface area contributed by atoms with E-state index < -0.39 is 39.7 Å². The van der Waals surface area contributed by atoms with Crippen molar-refractivity contribution in [1.29, 1.82) is 0 Å². The van der Waals surface area contributed by atoms with Gasteiger partial charge in [0.15, 0.2) is 0 Å². The summed E-state index contributed by atoms with van der Waals surface area (Å²) >= 11 is 0. The van der Waals surface area contributed by atoms with Crippen molar-refractivity contribution in [2.24, 2.45) is 5.92 Å². The first kappa shape index (κ1) is 26.6. The fourth-order valence-corrected chi connectivity index (χ4v) is 5.20. The third-order valence-corrected chi connectivity index (χ3v) is 7.43. The molecule has 1 aliphatic heterocycles. The molecular formula is C29H31NO6S. The van der Waals surface area contributed by atoms with Gasteiger partial charge in [-0.2, -0.15) is 8.42 Å². The van der Waals surface area contributed by atoms with Crippen LogP contribution in [0, 0.1) is 12.8 Å². The van der Waals surface area contributed by atoms with Gasteiger partial charge >= 0.3 is 6.09 Å². The van der Waals surface area contributed by atoms with Gasteiger partial charge < -0.3 is 4.74 Å². The lowest BCUT2D eigenvalue weighted by Gasteiger charge is -2.27. The third kappa shape index (κ3) is 6.26. The van der Waals surface area contributed by atoms with E-state index in [9.17, 15) is 18.0 Å². The summed E-state index contributed by atoms with van der Waals surface area (Å²) in [7, 11) is -4.06. The van der Waals surface area contributed by atoms with Crippen LogP contribution in [0.2, 0.25) is 0 Å². The van der Waals surface area contributed by atoms with Crippen LogP contribution in [0.25, 0.3) is 11.1 Å². The Morgan fingerprint density at radius 2 is 1.51 bits per heavy atom. The quantitative estimate of drug-likeness (QED) is 0.376. The largest absolute Gasteiger partial charge is 0.443 e. The minimum atomic E-state index is -4.06. The maximum Gasteiger partial charge on any atom is 0.417 e. The highest BCUT2D eigenvalue weighted by atomic mass is 32.2. The van der Waals surface area contributed by atoms with E-state index in [2.05, 4.69) is 0 Å². The van der Waals surface area contributed by atoms with Crippen LogP contribution in [0.4, 0.5) is 4.79 Å². The summed E-state index contributed by atoms with van der Waals surface area (Å²) in [4.78, 5) is 27.5. The summed E-state index contributed by atoms with van der Waals surface area (Å²) in [5, 5.41) is 0. The summed E-state index contributed by atoms with van der Waals surface area (Å²) < 4.78 is 36.2. The smallest absolute Gasteiger partial charge is 0.417 e. The van der Waals surface area contributed by atoms with E-state index in [-0.39, 0.29) is 17.9 Å². The van der Waals surface area contributed by atoms with E-state index in [1.54, 1.807) is 32.9 Å². The molecule has 0 spiro atoms.